The molecule has 0 saturated carbocycles. The van der Waals surface area contributed by atoms with Gasteiger partial charge in [-0.15, -0.1) is 0 Å². The molecule has 1 aromatic heterocycles. The van der Waals surface area contributed by atoms with Gasteiger partial charge in [0.1, 0.15) is 6.07 Å². The number of benzene rings is 2. The number of carbonyl (C=O) groups is 1. The van der Waals surface area contributed by atoms with Crippen molar-refractivity contribution in [3.05, 3.63) is 64.8 Å². The number of halogens is 1. The van der Waals surface area contributed by atoms with Gasteiger partial charge in [0.15, 0.2) is 0 Å². The highest BCUT2D eigenvalue weighted by Gasteiger charge is 2.28. The Morgan fingerprint density at radius 3 is 2.40 bits per heavy atom. The molecule has 0 fully saturated rings. The van der Waals surface area contributed by atoms with Crippen LogP contribution >= 0.6 is 11.6 Å². The maximum Gasteiger partial charge on any atom is 0.338 e. The SMILES string of the molecule is CCOC(=O)c1ccc(S(=O)(=O)N(C)c2oc(-c3ccc(Cl)cc3)nc2C#N)cc1. The first-order chi connectivity index (χ1) is 14.3. The molecule has 0 saturated heterocycles. The van der Waals surface area contributed by atoms with Crippen molar-refractivity contribution in [2.75, 3.05) is 18.0 Å². The third-order valence-corrected chi connectivity index (χ3v) is 6.12. The Labute approximate surface area is 178 Å². The Bertz CT molecular complexity index is 1210. The summed E-state index contributed by atoms with van der Waals surface area (Å²) in [6, 6.07) is 13.6. The standard InChI is InChI=1S/C20H16ClN3O5S/c1-3-28-20(25)14-6-10-16(11-7-14)30(26,27)24(2)19-17(12-22)23-18(29-19)13-4-8-15(21)9-5-13/h4-11H,3H2,1-2H3. The normalized spacial score (nSPS) is 11.0. The number of rotatable bonds is 6. The van der Waals surface area contributed by atoms with Crippen LogP contribution in [0.15, 0.2) is 57.8 Å². The highest BCUT2D eigenvalue weighted by molar-refractivity contribution is 7.92. The second-order valence-corrected chi connectivity index (χ2v) is 8.41. The third kappa shape index (κ3) is 4.15. The number of hydrogen-bond donors (Lipinski definition) is 0. The smallest absolute Gasteiger partial charge is 0.338 e. The van der Waals surface area contributed by atoms with Crippen molar-refractivity contribution >= 4 is 33.5 Å². The van der Waals surface area contributed by atoms with E-state index in [0.717, 1.165) is 4.31 Å². The van der Waals surface area contributed by atoms with Crippen LogP contribution in [0, 0.1) is 11.3 Å². The second kappa shape index (κ2) is 8.57. The summed E-state index contributed by atoms with van der Waals surface area (Å²) in [6.07, 6.45) is 0. The minimum Gasteiger partial charge on any atom is -0.462 e. The van der Waals surface area contributed by atoms with Gasteiger partial charge in [0.25, 0.3) is 10.0 Å². The van der Waals surface area contributed by atoms with Gasteiger partial charge in [-0.05, 0) is 55.5 Å². The van der Waals surface area contributed by atoms with Gasteiger partial charge in [0.2, 0.25) is 17.5 Å². The van der Waals surface area contributed by atoms with Gasteiger partial charge in [-0.1, -0.05) is 11.6 Å². The lowest BCUT2D eigenvalue weighted by molar-refractivity contribution is 0.0526. The van der Waals surface area contributed by atoms with Gasteiger partial charge >= 0.3 is 5.97 Å². The molecule has 0 aliphatic carbocycles. The van der Waals surface area contributed by atoms with Crippen molar-refractivity contribution in [1.82, 2.24) is 4.98 Å². The number of ether oxygens (including phenoxy) is 1. The molecule has 2 aromatic carbocycles. The maximum absolute atomic E-state index is 13.0. The molecular formula is C20H16ClN3O5S. The molecule has 3 aromatic rings. The van der Waals surface area contributed by atoms with E-state index in [1.807, 2.05) is 6.07 Å². The molecule has 154 valence electrons. The van der Waals surface area contributed by atoms with Gasteiger partial charge in [-0.2, -0.15) is 10.2 Å². The number of hydrogen-bond acceptors (Lipinski definition) is 7. The predicted molar refractivity (Wildman–Crippen MR) is 110 cm³/mol. The molecule has 0 bridgehead atoms. The van der Waals surface area contributed by atoms with Gasteiger partial charge in [0.05, 0.1) is 17.1 Å². The van der Waals surface area contributed by atoms with Crippen molar-refractivity contribution in [3.63, 3.8) is 0 Å². The molecule has 10 heteroatoms. The number of anilines is 1. The van der Waals surface area contributed by atoms with Gasteiger partial charge in [0, 0.05) is 17.6 Å². The summed E-state index contributed by atoms with van der Waals surface area (Å²) in [5.74, 6) is -0.695. The van der Waals surface area contributed by atoms with Crippen molar-refractivity contribution in [3.8, 4) is 17.5 Å². The molecule has 30 heavy (non-hydrogen) atoms. The fraction of sp³-hybridized carbons (Fsp3) is 0.150. The van der Waals surface area contributed by atoms with E-state index < -0.39 is 16.0 Å². The van der Waals surface area contributed by atoms with E-state index in [2.05, 4.69) is 4.98 Å². The van der Waals surface area contributed by atoms with Crippen LogP contribution in [0.1, 0.15) is 23.0 Å². The number of esters is 1. The van der Waals surface area contributed by atoms with Gasteiger partial charge in [-0.3, -0.25) is 0 Å². The maximum atomic E-state index is 13.0. The molecule has 1 heterocycles. The zero-order valence-electron chi connectivity index (χ0n) is 16.0. The average molecular weight is 446 g/mol. The molecule has 8 nitrogen and oxygen atoms in total. The Balaban J connectivity index is 1.95. The first-order valence-electron chi connectivity index (χ1n) is 8.71. The van der Waals surface area contributed by atoms with Gasteiger partial charge < -0.3 is 9.15 Å². The largest absolute Gasteiger partial charge is 0.462 e. The van der Waals surface area contributed by atoms with Crippen LogP contribution in [-0.4, -0.2) is 33.0 Å². The number of aromatic nitrogens is 1. The number of carbonyl (C=O) groups excluding carboxylic acids is 1. The molecule has 0 N–H and O–H groups in total. The lowest BCUT2D eigenvalue weighted by Gasteiger charge is -2.16. The fourth-order valence-corrected chi connectivity index (χ4v) is 3.82. The van der Waals surface area contributed by atoms with E-state index in [1.54, 1.807) is 31.2 Å². The van der Waals surface area contributed by atoms with E-state index in [9.17, 15) is 18.5 Å². The summed E-state index contributed by atoms with van der Waals surface area (Å²) in [5.41, 5.74) is 0.571. The molecule has 0 spiro atoms. The Hall–Kier alpha value is -3.35. The Morgan fingerprint density at radius 2 is 1.83 bits per heavy atom. The molecule has 0 aliphatic heterocycles. The minimum absolute atomic E-state index is 0.0814. The van der Waals surface area contributed by atoms with E-state index in [-0.39, 0.29) is 34.5 Å². The van der Waals surface area contributed by atoms with Crippen molar-refractivity contribution < 1.29 is 22.4 Å². The van der Waals surface area contributed by atoms with Crippen molar-refractivity contribution in [2.45, 2.75) is 11.8 Å². The van der Waals surface area contributed by atoms with Crippen LogP contribution < -0.4 is 4.31 Å². The summed E-state index contributed by atoms with van der Waals surface area (Å²) < 4.78 is 37.3. The van der Waals surface area contributed by atoms with E-state index >= 15 is 0 Å². The summed E-state index contributed by atoms with van der Waals surface area (Å²) in [7, 11) is -2.83. The van der Waals surface area contributed by atoms with Crippen LogP contribution in [0.25, 0.3) is 11.5 Å². The molecule has 0 amide bonds. The van der Waals surface area contributed by atoms with Crippen molar-refractivity contribution in [2.24, 2.45) is 0 Å². The minimum atomic E-state index is -4.08. The van der Waals surface area contributed by atoms with Gasteiger partial charge in [-0.25, -0.2) is 17.5 Å². The quantitative estimate of drug-likeness (QED) is 0.529. The van der Waals surface area contributed by atoms with Crippen molar-refractivity contribution in [1.29, 1.82) is 5.26 Å². The number of nitriles is 1. The second-order valence-electron chi connectivity index (χ2n) is 6.01. The van der Waals surface area contributed by atoms with Crippen LogP contribution in [0.4, 0.5) is 5.88 Å². The van der Waals surface area contributed by atoms with E-state index in [4.69, 9.17) is 20.8 Å². The van der Waals surface area contributed by atoms with Crippen LogP contribution in [0.3, 0.4) is 0 Å². The number of oxazole rings is 1. The monoisotopic (exact) mass is 445 g/mol. The first kappa shape index (κ1) is 21.4. The van der Waals surface area contributed by atoms with Crippen LogP contribution in [-0.2, 0) is 14.8 Å². The summed E-state index contributed by atoms with van der Waals surface area (Å²) in [6.45, 7) is 1.88. The number of sulfonamides is 1. The van der Waals surface area contributed by atoms with Crippen LogP contribution in [0.5, 0.6) is 0 Å². The zero-order valence-corrected chi connectivity index (χ0v) is 17.6. The topological polar surface area (TPSA) is 114 Å². The summed E-state index contributed by atoms with van der Waals surface area (Å²) in [4.78, 5) is 15.7. The lowest BCUT2D eigenvalue weighted by Crippen LogP contribution is -2.27. The molecule has 3 rings (SSSR count). The zero-order chi connectivity index (χ0) is 21.9. The molecule has 0 aliphatic rings. The molecular weight excluding hydrogens is 430 g/mol. The Kier molecular flexibility index (Phi) is 6.10. The van der Waals surface area contributed by atoms with E-state index in [1.165, 1.54) is 31.3 Å². The highest BCUT2D eigenvalue weighted by Crippen LogP contribution is 2.31. The highest BCUT2D eigenvalue weighted by atomic mass is 35.5. The third-order valence-electron chi connectivity index (χ3n) is 4.12. The molecule has 0 unspecified atom stereocenters. The fourth-order valence-electron chi connectivity index (χ4n) is 2.56. The Morgan fingerprint density at radius 1 is 1.20 bits per heavy atom. The molecule has 0 radical (unpaired) electrons. The summed E-state index contributed by atoms with van der Waals surface area (Å²) >= 11 is 5.87. The van der Waals surface area contributed by atoms with E-state index in [0.29, 0.717) is 10.6 Å². The number of nitrogens with zero attached hydrogens (tertiary/aromatic N) is 3. The molecule has 0 atom stereocenters. The van der Waals surface area contributed by atoms with Crippen LogP contribution in [0.2, 0.25) is 5.02 Å². The predicted octanol–water partition coefficient (Wildman–Crippen LogP) is 3.87. The first-order valence-corrected chi connectivity index (χ1v) is 10.5. The summed E-state index contributed by atoms with van der Waals surface area (Å²) in [5, 5.41) is 9.90. The average Bonchev–Trinajstić information content (AvgIpc) is 3.18. The lowest BCUT2D eigenvalue weighted by atomic mass is 10.2.